The summed E-state index contributed by atoms with van der Waals surface area (Å²) in [4.78, 5) is 30.1. The van der Waals surface area contributed by atoms with Gasteiger partial charge in [0, 0.05) is 0 Å². The Hall–Kier alpha value is 1.64. The smallest absolute Gasteiger partial charge is 1.00 e. The summed E-state index contributed by atoms with van der Waals surface area (Å²) in [6, 6.07) is 0. The molecular weight excluding hydrogens is 218 g/mol. The average molecular weight is 226 g/mol. The van der Waals surface area contributed by atoms with Gasteiger partial charge in [-0.25, -0.2) is 9.36 Å². The van der Waals surface area contributed by atoms with E-state index in [1.165, 1.54) is 0 Å². The van der Waals surface area contributed by atoms with Crippen molar-refractivity contribution in [3.8, 4) is 0 Å². The predicted molar refractivity (Wildman–Crippen MR) is 34.0 cm³/mol. The third-order valence-corrected chi connectivity index (χ3v) is 0. The van der Waals surface area contributed by atoms with Crippen molar-refractivity contribution in [1.29, 1.82) is 0 Å². The van der Waals surface area contributed by atoms with Crippen molar-refractivity contribution in [2.45, 2.75) is 0 Å². The van der Waals surface area contributed by atoms with Crippen LogP contribution < -0.4 is 29.6 Å². The number of hydrogen-bond donors (Lipinski definition) is 5. The Balaban J connectivity index is -0.0000000104. The molecule has 0 saturated carbocycles. The van der Waals surface area contributed by atoms with Crippen LogP contribution in [0.1, 0.15) is 4.28 Å². The maximum atomic E-state index is 8.88. The fraction of sp³-hybridized carbons (Fsp3) is 0. The topological polar surface area (TPSA) is 135 Å². The van der Waals surface area contributed by atoms with Crippen LogP contribution in [0.3, 0.4) is 0 Å². The van der Waals surface area contributed by atoms with E-state index in [9.17, 15) is 0 Å². The molecule has 0 aliphatic rings. The number of carbonyl (C=O) groups is 1. The zero-order valence-electron chi connectivity index (χ0n) is 8.71. The van der Waals surface area contributed by atoms with Gasteiger partial charge in [0.25, 0.3) is 0 Å². The van der Waals surface area contributed by atoms with Gasteiger partial charge in [0.2, 0.25) is 0 Å². The third-order valence-electron chi connectivity index (χ3n) is 0. The number of rotatable bonds is 0. The first-order valence-electron chi connectivity index (χ1n) is 1.43. The summed E-state index contributed by atoms with van der Waals surface area (Å²) in [6.45, 7) is 0. The Morgan fingerprint density at radius 2 is 1.18 bits per heavy atom. The molecule has 0 atom stereocenters. The molecule has 0 aromatic heterocycles. The second-order valence-electron chi connectivity index (χ2n) is 0.796. The Kier molecular flexibility index (Phi) is 24.3. The molecule has 11 heavy (non-hydrogen) atoms. The molecule has 7 nitrogen and oxygen atoms in total. The van der Waals surface area contributed by atoms with Crippen molar-refractivity contribution in [2.24, 2.45) is 0 Å². The Morgan fingerprint density at radius 1 is 1.18 bits per heavy atom. The SMILES string of the molecule is O=C(O)O.O=P(O)(O)O.[Ca+2].[H-].[H-].[H-].[Na+]. The van der Waals surface area contributed by atoms with Gasteiger partial charge < -0.3 is 29.2 Å². The first-order valence-corrected chi connectivity index (χ1v) is 3.00. The molecule has 0 bridgehead atoms. The largest absolute Gasteiger partial charge is 2.00 e. The third kappa shape index (κ3) is 402. The molecule has 0 aliphatic carbocycles. The molecule has 0 spiro atoms. The minimum absolute atomic E-state index is 0. The molecule has 0 aromatic rings. The van der Waals surface area contributed by atoms with E-state index in [0.717, 1.165) is 0 Å². The standard InChI is InChI=1S/CH2O3.Ca.Na.H3O4P.3H/c2-1(3)4;;;1-5(2,3)4;;;/h(H2,2,3,4);;;(H3,1,2,3,4);;;/q;+2;+1;;3*-1. The van der Waals surface area contributed by atoms with E-state index >= 15 is 0 Å². The van der Waals surface area contributed by atoms with E-state index in [1.807, 2.05) is 0 Å². The van der Waals surface area contributed by atoms with Crippen LogP contribution in [0.25, 0.3) is 0 Å². The van der Waals surface area contributed by atoms with Crippen LogP contribution in [0.4, 0.5) is 4.79 Å². The average Bonchev–Trinajstić information content (AvgIpc) is 1.19. The van der Waals surface area contributed by atoms with Crippen LogP contribution >= 0.6 is 7.82 Å². The first-order chi connectivity index (χ1) is 3.73. The van der Waals surface area contributed by atoms with Crippen molar-refractivity contribution in [3.05, 3.63) is 0 Å². The molecule has 0 radical (unpaired) electrons. The van der Waals surface area contributed by atoms with Crippen molar-refractivity contribution < 1.29 is 68.1 Å². The van der Waals surface area contributed by atoms with Gasteiger partial charge in [0.15, 0.2) is 0 Å². The molecule has 62 valence electrons. The van der Waals surface area contributed by atoms with Gasteiger partial charge >= 0.3 is 81.3 Å². The molecular formula is CH8CaNaO7P. The first kappa shape index (κ1) is 22.9. The van der Waals surface area contributed by atoms with Crippen molar-refractivity contribution in [2.75, 3.05) is 0 Å². The zero-order valence-corrected chi connectivity index (χ0v) is 10.8. The second-order valence-corrected chi connectivity index (χ2v) is 1.82. The van der Waals surface area contributed by atoms with Gasteiger partial charge in [-0.3, -0.25) is 0 Å². The summed E-state index contributed by atoms with van der Waals surface area (Å²) in [5.74, 6) is 0. The quantitative estimate of drug-likeness (QED) is 0.211. The molecule has 0 amide bonds. The summed E-state index contributed by atoms with van der Waals surface area (Å²) in [5.41, 5.74) is 0. The van der Waals surface area contributed by atoms with Gasteiger partial charge in [-0.05, 0) is 0 Å². The predicted octanol–water partition coefficient (Wildman–Crippen LogP) is -3.75. The van der Waals surface area contributed by atoms with Crippen molar-refractivity contribution in [3.63, 3.8) is 0 Å². The molecule has 10 heteroatoms. The van der Waals surface area contributed by atoms with E-state index in [4.69, 9.17) is 34.3 Å². The van der Waals surface area contributed by atoms with Crippen LogP contribution in [0, 0.1) is 0 Å². The molecule has 0 heterocycles. The molecule has 0 saturated heterocycles. The van der Waals surface area contributed by atoms with E-state index in [1.54, 1.807) is 0 Å². The van der Waals surface area contributed by atoms with Crippen LogP contribution in [-0.4, -0.2) is 68.8 Å². The minimum Gasteiger partial charge on any atom is -1.00 e. The van der Waals surface area contributed by atoms with E-state index in [2.05, 4.69) is 0 Å². The van der Waals surface area contributed by atoms with Crippen LogP contribution in [0.2, 0.25) is 0 Å². The molecule has 0 aliphatic heterocycles. The summed E-state index contributed by atoms with van der Waals surface area (Å²) in [6.07, 6.45) is -1.83. The molecule has 0 unspecified atom stereocenters. The fourth-order valence-corrected chi connectivity index (χ4v) is 0. The van der Waals surface area contributed by atoms with Gasteiger partial charge in [0.1, 0.15) is 0 Å². The zero-order chi connectivity index (χ0) is 8.08. The number of carboxylic acid groups (broad SMARTS) is 2. The van der Waals surface area contributed by atoms with Crippen LogP contribution in [0.15, 0.2) is 0 Å². The second kappa shape index (κ2) is 11.6. The van der Waals surface area contributed by atoms with E-state index < -0.39 is 14.0 Å². The van der Waals surface area contributed by atoms with E-state index in [-0.39, 0.29) is 71.6 Å². The summed E-state index contributed by atoms with van der Waals surface area (Å²) < 4.78 is 8.88. The Bertz CT molecular complexity index is 129. The summed E-state index contributed by atoms with van der Waals surface area (Å²) >= 11 is 0. The van der Waals surface area contributed by atoms with Crippen LogP contribution in [-0.2, 0) is 4.57 Å². The minimum atomic E-state index is -4.64. The van der Waals surface area contributed by atoms with Gasteiger partial charge in [-0.1, -0.05) is 0 Å². The summed E-state index contributed by atoms with van der Waals surface area (Å²) in [5, 5.41) is 13.9. The van der Waals surface area contributed by atoms with Crippen molar-refractivity contribution in [1.82, 2.24) is 0 Å². The maximum Gasteiger partial charge on any atom is 2.00 e. The van der Waals surface area contributed by atoms with Gasteiger partial charge in [-0.2, -0.15) is 0 Å². The number of hydrogen-bond acceptors (Lipinski definition) is 2. The molecule has 0 fully saturated rings. The Labute approximate surface area is 118 Å². The monoisotopic (exact) mass is 226 g/mol. The summed E-state index contributed by atoms with van der Waals surface area (Å²) in [7, 11) is -4.64. The van der Waals surface area contributed by atoms with E-state index in [0.29, 0.717) is 0 Å². The maximum absolute atomic E-state index is 8.88. The van der Waals surface area contributed by atoms with Gasteiger partial charge in [-0.15, -0.1) is 0 Å². The molecule has 5 N–H and O–H groups in total. The molecule has 0 aromatic carbocycles. The van der Waals surface area contributed by atoms with Crippen LogP contribution in [0.5, 0.6) is 0 Å². The Morgan fingerprint density at radius 3 is 1.18 bits per heavy atom. The molecule has 0 rings (SSSR count). The van der Waals surface area contributed by atoms with Gasteiger partial charge in [0.05, 0.1) is 0 Å². The number of phosphoric acid groups is 1. The fourth-order valence-electron chi connectivity index (χ4n) is 0. The normalized spacial score (nSPS) is 7.55. The van der Waals surface area contributed by atoms with Crippen molar-refractivity contribution >= 4 is 51.7 Å².